The Labute approximate surface area is 388 Å². The van der Waals surface area contributed by atoms with Gasteiger partial charge in [0.1, 0.15) is 24.1 Å². The van der Waals surface area contributed by atoms with Gasteiger partial charge in [-0.05, 0) is 50.1 Å². The number of hydrogen-bond acceptors (Lipinski definition) is 26. The topological polar surface area (TPSA) is 430 Å². The number of phenols is 11. The highest BCUT2D eigenvalue weighted by molar-refractivity contribution is 6.08. The lowest BCUT2D eigenvalue weighted by Crippen LogP contribution is -2.66. The number of Topliss-reactive ketones (excluding diaryl/α,β-unsaturated/α-hetero) is 1. The molecule has 1 saturated heterocycles. The average molecular weight is 981 g/mol. The molecule has 1 aliphatic carbocycles. The van der Waals surface area contributed by atoms with Crippen LogP contribution in [0.2, 0.25) is 0 Å². The number of hydrogen-bond donors (Lipinski definition) is 13. The van der Waals surface area contributed by atoms with E-state index < -0.39 is 223 Å². The quantitative estimate of drug-likeness (QED) is 0.0765. The molecule has 4 aromatic carbocycles. The number of ketones is 1. The fourth-order valence-electron chi connectivity index (χ4n) is 9.48. The molecule has 2 fully saturated rings. The maximum absolute atomic E-state index is 15.0. The molecule has 9 rings (SSSR count). The van der Waals surface area contributed by atoms with Crippen molar-refractivity contribution in [2.45, 2.75) is 74.2 Å². The van der Waals surface area contributed by atoms with E-state index in [0.29, 0.717) is 30.3 Å². The van der Waals surface area contributed by atoms with Crippen molar-refractivity contribution in [1.29, 1.82) is 0 Å². The number of aromatic hydroxyl groups is 11. The van der Waals surface area contributed by atoms with Crippen LogP contribution in [0.1, 0.15) is 79.1 Å². The van der Waals surface area contributed by atoms with E-state index >= 15 is 0 Å². The summed E-state index contributed by atoms with van der Waals surface area (Å²) in [6.45, 7) is -0.141. The zero-order valence-corrected chi connectivity index (χ0v) is 35.4. The van der Waals surface area contributed by atoms with Gasteiger partial charge in [-0.2, -0.15) is 0 Å². The van der Waals surface area contributed by atoms with Crippen molar-refractivity contribution in [3.8, 4) is 80.1 Å². The third-order valence-corrected chi connectivity index (χ3v) is 12.7. The van der Waals surface area contributed by atoms with Gasteiger partial charge in [-0.1, -0.05) is 0 Å². The summed E-state index contributed by atoms with van der Waals surface area (Å²) in [5.41, 5.74) is -8.80. The molecule has 368 valence electrons. The predicted molar refractivity (Wildman–Crippen MR) is 217 cm³/mol. The molecule has 0 radical (unpaired) electrons. The molecule has 26 heteroatoms. The summed E-state index contributed by atoms with van der Waals surface area (Å²) in [5.74, 6) is -29.9. The summed E-state index contributed by atoms with van der Waals surface area (Å²) in [6.07, 6.45) is -13.8. The Morgan fingerprint density at radius 3 is 1.80 bits per heavy atom. The number of fused-ring (bicyclic) bond motifs is 7. The smallest absolute Gasteiger partial charge is 0.341 e. The summed E-state index contributed by atoms with van der Waals surface area (Å²) >= 11 is 0. The summed E-state index contributed by atoms with van der Waals surface area (Å²) in [4.78, 5) is 84.6. The molecule has 13 N–H and O–H groups in total. The summed E-state index contributed by atoms with van der Waals surface area (Å²) in [5, 5.41) is 141. The molecule has 70 heavy (non-hydrogen) atoms. The lowest BCUT2D eigenvalue weighted by atomic mass is 9.63. The summed E-state index contributed by atoms with van der Waals surface area (Å²) < 4.78 is 40.3. The van der Waals surface area contributed by atoms with E-state index in [1.807, 2.05) is 0 Å². The van der Waals surface area contributed by atoms with E-state index in [4.69, 9.17) is 33.2 Å². The van der Waals surface area contributed by atoms with Gasteiger partial charge in [-0.25, -0.2) is 19.2 Å². The molecule has 26 nitrogen and oxygen atoms in total. The Morgan fingerprint density at radius 2 is 1.20 bits per heavy atom. The highest BCUT2D eigenvalue weighted by atomic mass is 16.7. The number of cyclic esters (lactones) is 1. The number of ether oxygens (including phenoxy) is 7. The van der Waals surface area contributed by atoms with Gasteiger partial charge < -0.3 is 99.5 Å². The lowest BCUT2D eigenvalue weighted by Gasteiger charge is -2.49. The van der Waals surface area contributed by atoms with Crippen molar-refractivity contribution in [2.75, 3.05) is 6.61 Å². The van der Waals surface area contributed by atoms with Crippen molar-refractivity contribution in [1.82, 2.24) is 0 Å². The number of carbonyl (C=O) groups is 6. The van der Waals surface area contributed by atoms with Gasteiger partial charge >= 0.3 is 29.8 Å². The summed E-state index contributed by atoms with van der Waals surface area (Å²) in [7, 11) is 0. The zero-order chi connectivity index (χ0) is 50.8. The van der Waals surface area contributed by atoms with Crippen LogP contribution in [0.15, 0.2) is 30.3 Å². The van der Waals surface area contributed by atoms with E-state index in [1.165, 1.54) is 0 Å². The summed E-state index contributed by atoms with van der Waals surface area (Å²) in [6, 6.07) is 2.74. The second kappa shape index (κ2) is 16.0. The van der Waals surface area contributed by atoms with Crippen molar-refractivity contribution in [2.24, 2.45) is 5.92 Å². The van der Waals surface area contributed by atoms with Crippen molar-refractivity contribution >= 4 is 35.6 Å². The molecule has 0 spiro atoms. The van der Waals surface area contributed by atoms with Gasteiger partial charge in [0.15, 0.2) is 64.0 Å². The molecule has 9 atom stereocenters. The highest BCUT2D eigenvalue weighted by Crippen LogP contribution is 2.63. The second-order valence-corrected chi connectivity index (χ2v) is 16.9. The number of rotatable bonds is 4. The molecule has 4 heterocycles. The average Bonchev–Trinajstić information content (AvgIpc) is 3.62. The Balaban J connectivity index is 1.25. The fraction of sp³-hybridized carbons (Fsp3) is 0.318. The van der Waals surface area contributed by atoms with Gasteiger partial charge in [0.05, 0.1) is 34.1 Å². The highest BCUT2D eigenvalue weighted by Gasteiger charge is 2.69. The molecule has 1 unspecified atom stereocenters. The Morgan fingerprint density at radius 1 is 0.657 bits per heavy atom. The van der Waals surface area contributed by atoms with E-state index in [2.05, 4.69) is 0 Å². The van der Waals surface area contributed by atoms with E-state index in [9.17, 15) is 95.2 Å². The van der Waals surface area contributed by atoms with Crippen molar-refractivity contribution in [3.05, 3.63) is 58.1 Å². The van der Waals surface area contributed by atoms with Gasteiger partial charge in [0.2, 0.25) is 35.4 Å². The SMILES string of the molecule is CC(=O)C[C@@]1(O)CCC2C(=O)O[C@@H]3[C@@H](OC(=O)c4cc(O)c(O)c(O)c4)[C@H](OC(=O)c4cc(O)c(O)c5c4[C@@H]2[C@]1(O)O5)O[C@@H]1COC(=O)c2cc(O)c(O)c(O)c2-c2c(cc(O)c(O)c2O)C(=O)O[C@@H]31. The molecule has 2 bridgehead atoms. The van der Waals surface area contributed by atoms with Crippen LogP contribution in [0.25, 0.3) is 11.1 Å². The normalized spacial score (nSPS) is 27.7. The Hall–Kier alpha value is -8.62. The molecule has 5 aliphatic rings. The molecular weight excluding hydrogens is 944 g/mol. The zero-order valence-electron chi connectivity index (χ0n) is 35.4. The van der Waals surface area contributed by atoms with E-state index in [-0.39, 0.29) is 0 Å². The van der Waals surface area contributed by atoms with Crippen LogP contribution >= 0.6 is 0 Å². The first-order chi connectivity index (χ1) is 32.9. The molecule has 4 aliphatic heterocycles. The number of benzene rings is 4. The van der Waals surface area contributed by atoms with Crippen LogP contribution in [0.5, 0.6) is 69.0 Å². The van der Waals surface area contributed by atoms with Gasteiger partial charge in [0, 0.05) is 23.1 Å². The van der Waals surface area contributed by atoms with Crippen LogP contribution in [-0.4, -0.2) is 151 Å². The van der Waals surface area contributed by atoms with Crippen LogP contribution < -0.4 is 4.74 Å². The van der Waals surface area contributed by atoms with Crippen LogP contribution in [0.4, 0.5) is 0 Å². The van der Waals surface area contributed by atoms with Gasteiger partial charge in [0.25, 0.3) is 0 Å². The van der Waals surface area contributed by atoms with Gasteiger partial charge in [-0.3, -0.25) is 9.59 Å². The first-order valence-corrected chi connectivity index (χ1v) is 20.6. The number of phenolic OH excluding ortho intramolecular Hbond substituents is 11. The lowest BCUT2D eigenvalue weighted by molar-refractivity contribution is -0.294. The minimum atomic E-state index is -3.11. The minimum absolute atomic E-state index is 0.446. The minimum Gasteiger partial charge on any atom is -0.504 e. The van der Waals surface area contributed by atoms with Crippen LogP contribution in [0.3, 0.4) is 0 Å². The molecule has 1 saturated carbocycles. The number of esters is 5. The second-order valence-electron chi connectivity index (χ2n) is 16.9. The standard InChI is InChI=1S/C44H36O26/c1-11(45)9-43(62)3-2-13-26-25-16(8-21(50)30(54)34(25)70-44(26,43)63)41(61)69-42-36(68-37(57)12-4-17(46)27(51)18(47)5-12)35(67-39(13)59)33-22(65-42)10-64-38(58)14-6-19(48)28(52)31(55)23(14)24-15(40(60)66-33)7-20(49)29(53)32(24)56/h4-8,13,22,26,33,35-36,42,46-56,62-63H,2-3,9-10H2,1H3/t13?,22-,26-,33-,35+,36-,42+,43+,44+/m1/s1. The third kappa shape index (κ3) is 6.89. The van der Waals surface area contributed by atoms with Gasteiger partial charge in [-0.15, -0.1) is 0 Å². The molecular formula is C44H36O26. The first kappa shape index (κ1) is 46.5. The first-order valence-electron chi connectivity index (χ1n) is 20.6. The van der Waals surface area contributed by atoms with Crippen molar-refractivity contribution < 1.29 is 128 Å². The number of aliphatic hydroxyl groups is 2. The predicted octanol–water partition coefficient (Wildman–Crippen LogP) is 0.829. The monoisotopic (exact) mass is 980 g/mol. The molecule has 0 amide bonds. The Bertz CT molecular complexity index is 2990. The van der Waals surface area contributed by atoms with E-state index in [0.717, 1.165) is 6.92 Å². The number of carbonyl (C=O) groups excluding carboxylic acids is 6. The van der Waals surface area contributed by atoms with Crippen LogP contribution in [0, 0.1) is 5.92 Å². The maximum atomic E-state index is 15.0. The third-order valence-electron chi connectivity index (χ3n) is 12.7. The Kier molecular flexibility index (Phi) is 10.6. The molecule has 0 aromatic heterocycles. The largest absolute Gasteiger partial charge is 0.504 e. The molecule has 4 aromatic rings. The van der Waals surface area contributed by atoms with Crippen molar-refractivity contribution in [3.63, 3.8) is 0 Å². The van der Waals surface area contributed by atoms with E-state index in [1.54, 1.807) is 0 Å². The van der Waals surface area contributed by atoms with Crippen LogP contribution in [-0.2, 0) is 38.0 Å². The maximum Gasteiger partial charge on any atom is 0.341 e. The fourth-order valence-corrected chi connectivity index (χ4v) is 9.48.